The van der Waals surface area contributed by atoms with Gasteiger partial charge in [0.15, 0.2) is 0 Å². The van der Waals surface area contributed by atoms with E-state index in [1.807, 2.05) is 0 Å². The van der Waals surface area contributed by atoms with E-state index < -0.39 is 7.52 Å². The van der Waals surface area contributed by atoms with Crippen LogP contribution in [0.3, 0.4) is 0 Å². The van der Waals surface area contributed by atoms with E-state index in [4.69, 9.17) is 22.0 Å². The minimum atomic E-state index is -3.25. The van der Waals surface area contributed by atoms with Crippen LogP contribution in [0.25, 0.3) is 0 Å². The van der Waals surface area contributed by atoms with Crippen molar-refractivity contribution in [3.63, 3.8) is 0 Å². The molecule has 56 valence electrons. The molecule has 0 saturated carbocycles. The van der Waals surface area contributed by atoms with Gasteiger partial charge in [-0.1, -0.05) is 0 Å². The second-order valence-electron chi connectivity index (χ2n) is 1.88. The Kier molecular flexibility index (Phi) is 4.50. The maximum atomic E-state index is 10.4. The molecule has 3 N–H and O–H groups in total. The Bertz CT molecular complexity index is 113. The third-order valence-corrected chi connectivity index (χ3v) is 2.09. The molecule has 0 bridgehead atoms. The molecular formula is C4H11ClNO2P. The van der Waals surface area contributed by atoms with Crippen LogP contribution in [-0.2, 0) is 4.57 Å². The Morgan fingerprint density at radius 3 is 2.44 bits per heavy atom. The zero-order valence-corrected chi connectivity index (χ0v) is 6.74. The third kappa shape index (κ3) is 8.44. The first kappa shape index (κ1) is 9.44. The van der Waals surface area contributed by atoms with Crippen molar-refractivity contribution in [3.8, 4) is 0 Å². The summed E-state index contributed by atoms with van der Waals surface area (Å²) in [6, 6.07) is 0. The number of nitrogens with two attached hydrogens (primary N) is 1. The number of rotatable bonds is 4. The maximum Gasteiger partial charge on any atom is 0.264 e. The van der Waals surface area contributed by atoms with Gasteiger partial charge in [0.25, 0.3) is 7.52 Å². The van der Waals surface area contributed by atoms with Gasteiger partial charge in [-0.2, -0.15) is 0 Å². The number of hydrogen-bond donors (Lipinski definition) is 2. The summed E-state index contributed by atoms with van der Waals surface area (Å²) >= 11 is 5.32. The second kappa shape index (κ2) is 4.29. The van der Waals surface area contributed by atoms with Crippen LogP contribution in [-0.4, -0.2) is 16.9 Å². The fraction of sp³-hybridized carbons (Fsp3) is 1.00. The molecule has 1 atom stereocenters. The summed E-state index contributed by atoms with van der Waals surface area (Å²) in [4.78, 5) is 8.53. The Hall–Kier alpha value is 0.440. The minimum Gasteiger partial charge on any atom is -0.333 e. The van der Waals surface area contributed by atoms with E-state index in [0.29, 0.717) is 12.3 Å². The molecule has 0 aliphatic carbocycles. The van der Waals surface area contributed by atoms with E-state index >= 15 is 0 Å². The van der Waals surface area contributed by atoms with Crippen LogP contribution in [0.4, 0.5) is 0 Å². The molecule has 0 aliphatic rings. The van der Waals surface area contributed by atoms with Crippen LogP contribution in [0.15, 0.2) is 0 Å². The molecule has 5 heteroatoms. The molecule has 0 aromatic rings. The van der Waals surface area contributed by atoms with E-state index in [1.54, 1.807) is 0 Å². The van der Waals surface area contributed by atoms with Gasteiger partial charge in [-0.3, -0.25) is 10.1 Å². The lowest BCUT2D eigenvalue weighted by atomic mass is 10.4. The first-order chi connectivity index (χ1) is 4.06. The molecule has 0 amide bonds. The van der Waals surface area contributed by atoms with E-state index in [2.05, 4.69) is 0 Å². The predicted octanol–water partition coefficient (Wildman–Crippen LogP) is 1.15. The summed E-state index contributed by atoms with van der Waals surface area (Å²) in [7, 11) is -3.25. The Labute approximate surface area is 59.7 Å². The van der Waals surface area contributed by atoms with Gasteiger partial charge < -0.3 is 4.89 Å². The highest BCUT2D eigenvalue weighted by Gasteiger charge is 2.07. The monoisotopic (exact) mass is 171 g/mol. The first-order valence-electron chi connectivity index (χ1n) is 2.72. The quantitative estimate of drug-likeness (QED) is 0.379. The van der Waals surface area contributed by atoms with Gasteiger partial charge in [-0.05, 0) is 12.8 Å². The fourth-order valence-electron chi connectivity index (χ4n) is 0.433. The average Bonchev–Trinajstić information content (AvgIpc) is 1.63. The first-order valence-corrected chi connectivity index (χ1v) is 5.17. The van der Waals surface area contributed by atoms with E-state index in [0.717, 1.165) is 6.42 Å². The summed E-state index contributed by atoms with van der Waals surface area (Å²) in [5.41, 5.74) is 4.84. The van der Waals surface area contributed by atoms with Crippen molar-refractivity contribution >= 4 is 19.1 Å². The molecule has 1 unspecified atom stereocenters. The van der Waals surface area contributed by atoms with Crippen molar-refractivity contribution in [3.05, 3.63) is 0 Å². The summed E-state index contributed by atoms with van der Waals surface area (Å²) in [6.07, 6.45) is 1.57. The maximum absolute atomic E-state index is 10.4. The molecule has 0 aliphatic heterocycles. The molecule has 0 radical (unpaired) electrons. The molecule has 3 nitrogen and oxygen atoms in total. The molecule has 0 spiro atoms. The van der Waals surface area contributed by atoms with Crippen LogP contribution < -0.4 is 5.50 Å². The van der Waals surface area contributed by atoms with Crippen molar-refractivity contribution in [1.82, 2.24) is 0 Å². The van der Waals surface area contributed by atoms with Gasteiger partial charge in [0.2, 0.25) is 0 Å². The average molecular weight is 172 g/mol. The topological polar surface area (TPSA) is 63.3 Å². The van der Waals surface area contributed by atoms with Crippen LogP contribution >= 0.6 is 19.1 Å². The highest BCUT2D eigenvalue weighted by molar-refractivity contribution is 7.55. The lowest BCUT2D eigenvalue weighted by molar-refractivity contribution is 0.477. The van der Waals surface area contributed by atoms with Crippen LogP contribution in [0.2, 0.25) is 0 Å². The number of halogens is 1. The minimum absolute atomic E-state index is 0.180. The highest BCUT2D eigenvalue weighted by atomic mass is 35.5. The van der Waals surface area contributed by atoms with Gasteiger partial charge in [0, 0.05) is 12.0 Å². The van der Waals surface area contributed by atoms with E-state index in [-0.39, 0.29) is 6.16 Å². The van der Waals surface area contributed by atoms with E-state index in [1.165, 1.54) is 0 Å². The van der Waals surface area contributed by atoms with Crippen molar-refractivity contribution in [2.24, 2.45) is 5.50 Å². The highest BCUT2D eigenvalue weighted by Crippen LogP contribution is 2.30. The summed E-state index contributed by atoms with van der Waals surface area (Å²) < 4.78 is 10.4. The van der Waals surface area contributed by atoms with Crippen LogP contribution in [0.5, 0.6) is 0 Å². The summed E-state index contributed by atoms with van der Waals surface area (Å²) in [6.45, 7) is 0. The van der Waals surface area contributed by atoms with E-state index in [9.17, 15) is 4.57 Å². The summed E-state index contributed by atoms with van der Waals surface area (Å²) in [5, 5.41) is 0. The van der Waals surface area contributed by atoms with Crippen molar-refractivity contribution in [2.45, 2.75) is 12.8 Å². The van der Waals surface area contributed by atoms with Gasteiger partial charge in [0.1, 0.15) is 0 Å². The van der Waals surface area contributed by atoms with Crippen molar-refractivity contribution in [1.29, 1.82) is 0 Å². The largest absolute Gasteiger partial charge is 0.333 e. The fourth-order valence-corrected chi connectivity index (χ4v) is 1.30. The lowest BCUT2D eigenvalue weighted by Crippen LogP contribution is -1.98. The number of unbranched alkanes of at least 4 members (excludes halogenated alkanes) is 1. The number of hydrogen-bond acceptors (Lipinski definition) is 1. The molecule has 0 heterocycles. The Morgan fingerprint density at radius 1 is 1.56 bits per heavy atom. The molecule has 0 saturated heterocycles. The Balaban J connectivity index is 3.18. The lowest BCUT2D eigenvalue weighted by Gasteiger charge is -2.01. The van der Waals surface area contributed by atoms with Crippen molar-refractivity contribution < 1.29 is 9.46 Å². The second-order valence-corrected chi connectivity index (χ2v) is 4.21. The molecule has 0 fully saturated rings. The van der Waals surface area contributed by atoms with Gasteiger partial charge in [-0.25, -0.2) is 0 Å². The van der Waals surface area contributed by atoms with Gasteiger partial charge in [0.05, 0.1) is 0 Å². The van der Waals surface area contributed by atoms with Crippen molar-refractivity contribution in [2.75, 3.05) is 12.0 Å². The zero-order valence-electron chi connectivity index (χ0n) is 5.09. The molecule has 9 heavy (non-hydrogen) atoms. The smallest absolute Gasteiger partial charge is 0.264 e. The van der Waals surface area contributed by atoms with Gasteiger partial charge in [-0.15, -0.1) is 11.6 Å². The van der Waals surface area contributed by atoms with Crippen LogP contribution in [0, 0.1) is 0 Å². The van der Waals surface area contributed by atoms with Gasteiger partial charge >= 0.3 is 0 Å². The predicted molar refractivity (Wildman–Crippen MR) is 38.8 cm³/mol. The third-order valence-electron chi connectivity index (χ3n) is 0.862. The molecule has 0 aromatic carbocycles. The SMILES string of the molecule is NP(=O)(O)CCCCCl. The molecule has 0 rings (SSSR count). The number of alkyl halides is 1. The molecular weight excluding hydrogens is 160 g/mol. The summed E-state index contributed by atoms with van der Waals surface area (Å²) in [5.74, 6) is 0.528. The molecule has 0 aromatic heterocycles. The Morgan fingerprint density at radius 2 is 2.11 bits per heavy atom. The van der Waals surface area contributed by atoms with Crippen LogP contribution in [0.1, 0.15) is 12.8 Å². The standard InChI is InChI=1S/C4H11ClNO2P/c5-3-1-2-4-9(6,7)8/h1-4H2,(H3,6,7,8). The zero-order chi connectivity index (χ0) is 7.33. The normalized spacial score (nSPS) is 17.2.